The van der Waals surface area contributed by atoms with Crippen LogP contribution in [0, 0.1) is 0 Å². The number of ether oxygens (including phenoxy) is 2. The third-order valence-electron chi connectivity index (χ3n) is 5.52. The van der Waals surface area contributed by atoms with Crippen LogP contribution in [0.4, 0.5) is 0 Å². The molecule has 0 aliphatic rings. The molecule has 0 spiro atoms. The predicted octanol–water partition coefficient (Wildman–Crippen LogP) is 7.38. The van der Waals surface area contributed by atoms with Crippen molar-refractivity contribution in [3.05, 3.63) is 144 Å². The van der Waals surface area contributed by atoms with Crippen LogP contribution >= 0.6 is 0 Å². The number of unbranched alkanes of at least 4 members (excludes halogenated alkanes) is 1. The van der Waals surface area contributed by atoms with Crippen LogP contribution in [0.15, 0.2) is 121 Å². The van der Waals surface area contributed by atoms with Gasteiger partial charge in [-0.05, 0) is 35.1 Å². The highest BCUT2D eigenvalue weighted by Gasteiger charge is 2.15. The fourth-order valence-electron chi connectivity index (χ4n) is 3.89. The van der Waals surface area contributed by atoms with E-state index in [1.165, 1.54) is 22.3 Å². The van der Waals surface area contributed by atoms with Gasteiger partial charge in [0.05, 0.1) is 0 Å². The molecule has 32 heavy (non-hydrogen) atoms. The summed E-state index contributed by atoms with van der Waals surface area (Å²) in [5.41, 5.74) is 4.73. The zero-order valence-electron chi connectivity index (χ0n) is 18.3. The summed E-state index contributed by atoms with van der Waals surface area (Å²) in [6.45, 7) is 1.39. The Morgan fingerprint density at radius 2 is 0.625 bits per heavy atom. The van der Waals surface area contributed by atoms with Crippen molar-refractivity contribution in [2.45, 2.75) is 25.0 Å². The zero-order valence-corrected chi connectivity index (χ0v) is 18.3. The minimum Gasteiger partial charge on any atom is -0.369 e. The standard InChI is InChI=1S/C30H30O2/c1-5-15-25(16-6-1)29(26-17-7-2-8-18-26)31-23-13-14-24-32-30(27-19-9-3-10-20-27)28-21-11-4-12-22-28/h1-12,15-22,29-30H,13-14,23-24H2. The maximum atomic E-state index is 6.34. The van der Waals surface area contributed by atoms with Crippen molar-refractivity contribution in [1.82, 2.24) is 0 Å². The Morgan fingerprint density at radius 3 is 0.875 bits per heavy atom. The maximum absolute atomic E-state index is 6.34. The largest absolute Gasteiger partial charge is 0.369 e. The van der Waals surface area contributed by atoms with Gasteiger partial charge in [-0.25, -0.2) is 0 Å². The molecular formula is C30H30O2. The summed E-state index contributed by atoms with van der Waals surface area (Å²) in [6.07, 6.45) is 1.82. The van der Waals surface area contributed by atoms with Crippen molar-refractivity contribution in [2.75, 3.05) is 13.2 Å². The van der Waals surface area contributed by atoms with Gasteiger partial charge in [-0.1, -0.05) is 121 Å². The number of benzene rings is 4. The Bertz CT molecular complexity index is 851. The minimum atomic E-state index is -0.0419. The minimum absolute atomic E-state index is 0.0419. The molecule has 0 aliphatic carbocycles. The third kappa shape index (κ3) is 6.16. The zero-order chi connectivity index (χ0) is 21.8. The lowest BCUT2D eigenvalue weighted by Gasteiger charge is -2.20. The van der Waals surface area contributed by atoms with Gasteiger partial charge in [0.15, 0.2) is 0 Å². The molecular weight excluding hydrogens is 392 g/mol. The van der Waals surface area contributed by atoms with Gasteiger partial charge in [0.2, 0.25) is 0 Å². The molecule has 0 saturated heterocycles. The van der Waals surface area contributed by atoms with Crippen LogP contribution < -0.4 is 0 Å². The molecule has 0 aromatic heterocycles. The van der Waals surface area contributed by atoms with Gasteiger partial charge in [-0.2, -0.15) is 0 Å². The monoisotopic (exact) mass is 422 g/mol. The van der Waals surface area contributed by atoms with E-state index in [9.17, 15) is 0 Å². The Morgan fingerprint density at radius 1 is 0.375 bits per heavy atom. The highest BCUT2D eigenvalue weighted by atomic mass is 16.5. The molecule has 0 heterocycles. The van der Waals surface area contributed by atoms with Crippen LogP contribution in [0.1, 0.15) is 47.3 Å². The summed E-state index contributed by atoms with van der Waals surface area (Å²) in [7, 11) is 0. The van der Waals surface area contributed by atoms with Gasteiger partial charge < -0.3 is 9.47 Å². The molecule has 0 fully saturated rings. The van der Waals surface area contributed by atoms with Gasteiger partial charge in [-0.15, -0.1) is 0 Å². The highest BCUT2D eigenvalue weighted by molar-refractivity contribution is 5.31. The second kappa shape index (κ2) is 12.0. The van der Waals surface area contributed by atoms with E-state index in [1.807, 2.05) is 24.3 Å². The van der Waals surface area contributed by atoms with Crippen LogP contribution in [-0.2, 0) is 9.47 Å². The molecule has 0 bridgehead atoms. The van der Waals surface area contributed by atoms with Crippen LogP contribution in [-0.4, -0.2) is 13.2 Å². The van der Waals surface area contributed by atoms with E-state index in [0.717, 1.165) is 12.8 Å². The molecule has 4 aromatic carbocycles. The van der Waals surface area contributed by atoms with Crippen molar-refractivity contribution < 1.29 is 9.47 Å². The van der Waals surface area contributed by atoms with Crippen molar-refractivity contribution in [3.8, 4) is 0 Å². The fourth-order valence-corrected chi connectivity index (χ4v) is 3.89. The molecule has 4 aromatic rings. The van der Waals surface area contributed by atoms with Gasteiger partial charge in [0, 0.05) is 13.2 Å². The normalized spacial score (nSPS) is 11.2. The summed E-state index contributed by atoms with van der Waals surface area (Å²) < 4.78 is 12.7. The lowest BCUT2D eigenvalue weighted by molar-refractivity contribution is 0.0531. The molecule has 2 nitrogen and oxygen atoms in total. The summed E-state index contributed by atoms with van der Waals surface area (Å²) in [6, 6.07) is 41.7. The lowest BCUT2D eigenvalue weighted by atomic mass is 10.0. The Kier molecular flexibility index (Phi) is 8.25. The van der Waals surface area contributed by atoms with Crippen molar-refractivity contribution in [2.24, 2.45) is 0 Å². The van der Waals surface area contributed by atoms with Gasteiger partial charge in [-0.3, -0.25) is 0 Å². The molecule has 0 amide bonds. The summed E-state index contributed by atoms with van der Waals surface area (Å²) >= 11 is 0. The average Bonchev–Trinajstić information content (AvgIpc) is 2.88. The molecule has 162 valence electrons. The van der Waals surface area contributed by atoms with Crippen molar-refractivity contribution in [1.29, 1.82) is 0 Å². The first kappa shape index (κ1) is 22.0. The van der Waals surface area contributed by atoms with E-state index in [1.54, 1.807) is 0 Å². The molecule has 2 heteroatoms. The van der Waals surface area contributed by atoms with Crippen LogP contribution in [0.25, 0.3) is 0 Å². The number of hydrogen-bond acceptors (Lipinski definition) is 2. The third-order valence-corrected chi connectivity index (χ3v) is 5.52. The quantitative estimate of drug-likeness (QED) is 0.235. The van der Waals surface area contributed by atoms with Crippen LogP contribution in [0.2, 0.25) is 0 Å². The Labute approximate surface area is 191 Å². The van der Waals surface area contributed by atoms with Gasteiger partial charge in [0.1, 0.15) is 12.2 Å². The number of rotatable bonds is 11. The van der Waals surface area contributed by atoms with Crippen LogP contribution in [0.3, 0.4) is 0 Å². The number of hydrogen-bond donors (Lipinski definition) is 0. The molecule has 0 aliphatic heterocycles. The van der Waals surface area contributed by atoms with E-state index >= 15 is 0 Å². The fraction of sp³-hybridized carbons (Fsp3) is 0.200. The predicted molar refractivity (Wildman–Crippen MR) is 131 cm³/mol. The SMILES string of the molecule is c1ccc(C(OCCCCOC(c2ccccc2)c2ccccc2)c2ccccc2)cc1. The topological polar surface area (TPSA) is 18.5 Å². The highest BCUT2D eigenvalue weighted by Crippen LogP contribution is 2.27. The first-order valence-electron chi connectivity index (χ1n) is 11.3. The van der Waals surface area contributed by atoms with Crippen LogP contribution in [0.5, 0.6) is 0 Å². The molecule has 0 N–H and O–H groups in total. The smallest absolute Gasteiger partial charge is 0.108 e. The first-order valence-corrected chi connectivity index (χ1v) is 11.3. The molecule has 0 atom stereocenters. The van der Waals surface area contributed by atoms with Gasteiger partial charge in [0.25, 0.3) is 0 Å². The van der Waals surface area contributed by atoms with E-state index in [0.29, 0.717) is 13.2 Å². The van der Waals surface area contributed by atoms with E-state index in [-0.39, 0.29) is 12.2 Å². The molecule has 0 radical (unpaired) electrons. The lowest BCUT2D eigenvalue weighted by Crippen LogP contribution is -2.10. The summed E-state index contributed by atoms with van der Waals surface area (Å²) in [5, 5.41) is 0. The Balaban J connectivity index is 1.31. The van der Waals surface area contributed by atoms with E-state index in [4.69, 9.17) is 9.47 Å². The summed E-state index contributed by atoms with van der Waals surface area (Å²) in [5.74, 6) is 0. The second-order valence-electron chi connectivity index (χ2n) is 7.85. The van der Waals surface area contributed by atoms with Gasteiger partial charge >= 0.3 is 0 Å². The first-order chi connectivity index (χ1) is 15.9. The Hall–Kier alpha value is -3.20. The van der Waals surface area contributed by atoms with Crippen molar-refractivity contribution >= 4 is 0 Å². The average molecular weight is 423 g/mol. The maximum Gasteiger partial charge on any atom is 0.108 e. The van der Waals surface area contributed by atoms with E-state index < -0.39 is 0 Å². The van der Waals surface area contributed by atoms with E-state index in [2.05, 4.69) is 97.1 Å². The molecule has 4 rings (SSSR count). The second-order valence-corrected chi connectivity index (χ2v) is 7.85. The molecule has 0 unspecified atom stereocenters. The summed E-state index contributed by atoms with van der Waals surface area (Å²) in [4.78, 5) is 0. The molecule has 0 saturated carbocycles. The van der Waals surface area contributed by atoms with Crippen molar-refractivity contribution in [3.63, 3.8) is 0 Å².